The van der Waals surface area contributed by atoms with Crippen LogP contribution in [0.5, 0.6) is 0 Å². The lowest BCUT2D eigenvalue weighted by atomic mass is 10.1. The zero-order valence-corrected chi connectivity index (χ0v) is 10.6. The molecule has 0 amide bonds. The third-order valence-corrected chi connectivity index (χ3v) is 4.01. The maximum Gasteiger partial charge on any atom is 0.295 e. The van der Waals surface area contributed by atoms with Crippen LogP contribution in [0, 0.1) is 6.92 Å². The van der Waals surface area contributed by atoms with Crippen LogP contribution in [0.1, 0.15) is 18.1 Å². The molecule has 2 rings (SSSR count). The Labute approximate surface area is 101 Å². The molecule has 0 unspecified atom stereocenters. The first-order valence-corrected chi connectivity index (χ1v) is 6.88. The van der Waals surface area contributed by atoms with Crippen LogP contribution in [0.15, 0.2) is 35.2 Å². The Kier molecular flexibility index (Phi) is 2.93. The van der Waals surface area contributed by atoms with E-state index in [1.807, 2.05) is 32.0 Å². The second-order valence-electron chi connectivity index (χ2n) is 4.00. The van der Waals surface area contributed by atoms with Crippen LogP contribution in [0.3, 0.4) is 0 Å². The predicted octanol–water partition coefficient (Wildman–Crippen LogP) is 2.91. The summed E-state index contributed by atoms with van der Waals surface area (Å²) in [6.45, 7) is 3.77. The molecule has 0 saturated carbocycles. The average molecular weight is 250 g/mol. The Morgan fingerprint density at radius 2 is 1.71 bits per heavy atom. The molecular weight excluding hydrogens is 236 g/mol. The quantitative estimate of drug-likeness (QED) is 0.834. The summed E-state index contributed by atoms with van der Waals surface area (Å²) < 4.78 is 32.4. The summed E-state index contributed by atoms with van der Waals surface area (Å²) in [5, 5.41) is 0. The van der Waals surface area contributed by atoms with Crippen LogP contribution < -0.4 is 0 Å². The van der Waals surface area contributed by atoms with E-state index in [1.54, 1.807) is 12.1 Å². The zero-order chi connectivity index (χ0) is 12.6. The average Bonchev–Trinajstić information content (AvgIpc) is 2.41. The fourth-order valence-electron chi connectivity index (χ4n) is 2.29. The van der Waals surface area contributed by atoms with Crippen molar-refractivity contribution in [3.05, 3.63) is 41.5 Å². The molecule has 3 nitrogen and oxygen atoms in total. The number of rotatable bonds is 2. The summed E-state index contributed by atoms with van der Waals surface area (Å²) in [6, 6.07) is 9.07. The molecule has 0 aromatic rings. The fraction of sp³-hybridized carbons (Fsp3) is 0.231. The smallest absolute Gasteiger partial charge is 0.282 e. The first-order valence-electron chi connectivity index (χ1n) is 5.44. The minimum absolute atomic E-state index is 0.0590. The minimum atomic E-state index is -4.18. The van der Waals surface area contributed by atoms with Gasteiger partial charge in [0.25, 0.3) is 10.1 Å². The number of hydrogen-bond acceptors (Lipinski definition) is 2. The van der Waals surface area contributed by atoms with Gasteiger partial charge in [-0.25, -0.2) is 0 Å². The van der Waals surface area contributed by atoms with Crippen molar-refractivity contribution in [2.24, 2.45) is 0 Å². The van der Waals surface area contributed by atoms with Crippen molar-refractivity contribution >= 4 is 10.1 Å². The van der Waals surface area contributed by atoms with Crippen molar-refractivity contribution in [3.63, 3.8) is 0 Å². The molecule has 0 spiro atoms. The van der Waals surface area contributed by atoms with Gasteiger partial charge in [0, 0.05) is 5.56 Å². The zero-order valence-electron chi connectivity index (χ0n) is 9.77. The summed E-state index contributed by atoms with van der Waals surface area (Å²) in [5.41, 5.74) is 3.09. The van der Waals surface area contributed by atoms with E-state index in [9.17, 15) is 13.0 Å². The van der Waals surface area contributed by atoms with Gasteiger partial charge in [-0.15, -0.1) is 0 Å². The SMILES string of the molecule is CCc1c(C)c2cccccc-2c1S(=O)(=O)O. The largest absolute Gasteiger partial charge is 0.295 e. The van der Waals surface area contributed by atoms with Crippen molar-refractivity contribution in [2.45, 2.75) is 25.2 Å². The Bertz CT molecular complexity index is 629. The third kappa shape index (κ3) is 1.94. The van der Waals surface area contributed by atoms with E-state index < -0.39 is 10.1 Å². The lowest BCUT2D eigenvalue weighted by molar-refractivity contribution is 0.483. The van der Waals surface area contributed by atoms with Crippen molar-refractivity contribution in [1.29, 1.82) is 0 Å². The van der Waals surface area contributed by atoms with E-state index in [0.29, 0.717) is 17.5 Å². The highest BCUT2D eigenvalue weighted by Gasteiger charge is 2.26. The molecule has 2 aliphatic rings. The van der Waals surface area contributed by atoms with E-state index in [1.165, 1.54) is 0 Å². The first kappa shape index (κ1) is 12.1. The molecule has 0 atom stereocenters. The summed E-state index contributed by atoms with van der Waals surface area (Å²) >= 11 is 0. The monoisotopic (exact) mass is 250 g/mol. The second kappa shape index (κ2) is 4.13. The van der Waals surface area contributed by atoms with Gasteiger partial charge in [-0.1, -0.05) is 37.3 Å². The fourth-order valence-corrected chi connectivity index (χ4v) is 3.35. The standard InChI is InChI=1S/C13H14O3S/c1-3-10-9(2)11-7-5-4-6-8-12(11)13(10)17(14,15)16/h4-8H,3H2,1-2H3,(H,14,15,16). The Morgan fingerprint density at radius 3 is 2.24 bits per heavy atom. The van der Waals surface area contributed by atoms with Gasteiger partial charge < -0.3 is 0 Å². The maximum atomic E-state index is 11.5. The third-order valence-electron chi connectivity index (χ3n) is 3.03. The molecule has 0 saturated heterocycles. The highest BCUT2D eigenvalue weighted by atomic mass is 32.2. The summed E-state index contributed by atoms with van der Waals surface area (Å²) in [7, 11) is -4.18. The van der Waals surface area contributed by atoms with Crippen LogP contribution >= 0.6 is 0 Å². The second-order valence-corrected chi connectivity index (χ2v) is 5.36. The molecule has 90 valence electrons. The lowest BCUT2D eigenvalue weighted by Gasteiger charge is -2.00. The van der Waals surface area contributed by atoms with Gasteiger partial charge in [0.05, 0.1) is 0 Å². The summed E-state index contributed by atoms with van der Waals surface area (Å²) in [5.74, 6) is 0. The molecule has 17 heavy (non-hydrogen) atoms. The molecule has 4 heteroatoms. The van der Waals surface area contributed by atoms with Crippen molar-refractivity contribution in [2.75, 3.05) is 0 Å². The van der Waals surface area contributed by atoms with Crippen molar-refractivity contribution < 1.29 is 13.0 Å². The molecule has 0 bridgehead atoms. The van der Waals surface area contributed by atoms with Gasteiger partial charge in [0.15, 0.2) is 0 Å². The molecule has 1 N–H and O–H groups in total. The highest BCUT2D eigenvalue weighted by Crippen LogP contribution is 2.38. The molecular formula is C13H14O3S. The Morgan fingerprint density at radius 1 is 1.12 bits per heavy atom. The maximum absolute atomic E-state index is 11.5. The van der Waals surface area contributed by atoms with Gasteiger partial charge in [0.1, 0.15) is 4.90 Å². The number of hydrogen-bond donors (Lipinski definition) is 1. The van der Waals surface area contributed by atoms with Gasteiger partial charge in [-0.05, 0) is 30.0 Å². The van der Waals surface area contributed by atoms with Gasteiger partial charge in [0.2, 0.25) is 0 Å². The van der Waals surface area contributed by atoms with Crippen molar-refractivity contribution in [3.8, 4) is 11.1 Å². The van der Waals surface area contributed by atoms with Gasteiger partial charge >= 0.3 is 0 Å². The molecule has 0 fully saturated rings. The lowest BCUT2D eigenvalue weighted by Crippen LogP contribution is -2.01. The normalized spacial score (nSPS) is 11.9. The predicted molar refractivity (Wildman–Crippen MR) is 67.0 cm³/mol. The van der Waals surface area contributed by atoms with Crippen LogP contribution in [-0.2, 0) is 16.5 Å². The van der Waals surface area contributed by atoms with Crippen LogP contribution in [0.2, 0.25) is 0 Å². The van der Waals surface area contributed by atoms with Gasteiger partial charge in [-0.3, -0.25) is 4.55 Å². The van der Waals surface area contributed by atoms with E-state index in [2.05, 4.69) is 0 Å². The summed E-state index contributed by atoms with van der Waals surface area (Å²) in [6.07, 6.45) is 0.583. The van der Waals surface area contributed by atoms with E-state index in [4.69, 9.17) is 0 Å². The topological polar surface area (TPSA) is 54.4 Å². The van der Waals surface area contributed by atoms with E-state index in [0.717, 1.165) is 11.1 Å². The highest BCUT2D eigenvalue weighted by molar-refractivity contribution is 7.86. The van der Waals surface area contributed by atoms with Crippen LogP contribution in [0.25, 0.3) is 11.1 Å². The Hall–Kier alpha value is -1.39. The van der Waals surface area contributed by atoms with Crippen molar-refractivity contribution in [1.82, 2.24) is 0 Å². The Balaban J connectivity index is 2.95. The molecule has 0 aromatic heterocycles. The van der Waals surface area contributed by atoms with Crippen LogP contribution in [0.4, 0.5) is 0 Å². The number of fused-ring (bicyclic) bond motifs is 1. The summed E-state index contributed by atoms with van der Waals surface area (Å²) in [4.78, 5) is 0.0590. The van der Waals surface area contributed by atoms with Gasteiger partial charge in [-0.2, -0.15) is 8.42 Å². The van der Waals surface area contributed by atoms with E-state index >= 15 is 0 Å². The molecule has 0 radical (unpaired) electrons. The molecule has 0 aromatic carbocycles. The molecule has 0 aliphatic heterocycles. The first-order chi connectivity index (χ1) is 7.96. The minimum Gasteiger partial charge on any atom is -0.282 e. The molecule has 2 aliphatic carbocycles. The van der Waals surface area contributed by atoms with Crippen LogP contribution in [-0.4, -0.2) is 13.0 Å². The van der Waals surface area contributed by atoms with E-state index in [-0.39, 0.29) is 4.90 Å². The molecule has 0 heterocycles.